The molecule has 0 spiro atoms. The van der Waals surface area contributed by atoms with Crippen LogP contribution in [0.25, 0.3) is 0 Å². The van der Waals surface area contributed by atoms with Crippen LogP contribution in [0.5, 0.6) is 0 Å². The van der Waals surface area contributed by atoms with Gasteiger partial charge in [0.05, 0.1) is 5.69 Å². The van der Waals surface area contributed by atoms with Gasteiger partial charge in [0.1, 0.15) is 5.69 Å². The summed E-state index contributed by atoms with van der Waals surface area (Å²) in [6, 6.07) is 3.44. The number of hydrogen-bond acceptors (Lipinski definition) is 3. The molecule has 0 unspecified atom stereocenters. The fraction of sp³-hybridized carbons (Fsp3) is 0.222. The fourth-order valence-electron chi connectivity index (χ4n) is 0.724. The van der Waals surface area contributed by atoms with Gasteiger partial charge in [-0.15, -0.1) is 0 Å². The van der Waals surface area contributed by atoms with Gasteiger partial charge in [-0.1, -0.05) is 17.5 Å². The molecule has 0 aliphatic rings. The summed E-state index contributed by atoms with van der Waals surface area (Å²) in [5, 5.41) is 0.303. The second-order valence-corrected chi connectivity index (χ2v) is 3.16. The molecule has 13 heavy (non-hydrogen) atoms. The molecule has 2 N–H and O–H groups in total. The van der Waals surface area contributed by atoms with Crippen molar-refractivity contribution in [3.63, 3.8) is 0 Å². The van der Waals surface area contributed by atoms with E-state index in [0.717, 1.165) is 12.2 Å². The van der Waals surface area contributed by atoms with Crippen LogP contribution in [0, 0.1) is 11.8 Å². The van der Waals surface area contributed by atoms with Crippen molar-refractivity contribution in [1.82, 2.24) is 4.98 Å². The summed E-state index contributed by atoms with van der Waals surface area (Å²) >= 11 is 9.74. The Balaban J connectivity index is 2.81. The number of aromatic nitrogens is 1. The van der Waals surface area contributed by atoms with Crippen LogP contribution in [0.2, 0.25) is 5.15 Å². The Morgan fingerprint density at radius 2 is 2.31 bits per heavy atom. The molecule has 1 aromatic heterocycles. The molecule has 0 atom stereocenters. The first-order valence-electron chi connectivity index (χ1n) is 3.76. The lowest BCUT2D eigenvalue weighted by Gasteiger charge is -1.95. The van der Waals surface area contributed by atoms with Gasteiger partial charge in [-0.2, -0.15) is 12.6 Å². The van der Waals surface area contributed by atoms with Gasteiger partial charge in [-0.05, 0) is 18.1 Å². The van der Waals surface area contributed by atoms with Gasteiger partial charge < -0.3 is 5.73 Å². The van der Waals surface area contributed by atoms with Crippen LogP contribution >= 0.6 is 24.2 Å². The van der Waals surface area contributed by atoms with Gasteiger partial charge in [0.25, 0.3) is 0 Å². The minimum Gasteiger partial charge on any atom is -0.396 e. The first kappa shape index (κ1) is 10.2. The predicted molar refractivity (Wildman–Crippen MR) is 59.0 cm³/mol. The largest absolute Gasteiger partial charge is 0.396 e. The number of halogens is 1. The molecule has 0 aliphatic carbocycles. The Hall–Kier alpha value is -0.850. The molecule has 1 aromatic rings. The van der Waals surface area contributed by atoms with E-state index in [1.807, 2.05) is 0 Å². The Morgan fingerprint density at radius 3 is 2.92 bits per heavy atom. The summed E-state index contributed by atoms with van der Waals surface area (Å²) in [6.45, 7) is 0. The molecule has 0 saturated heterocycles. The van der Waals surface area contributed by atoms with Crippen molar-refractivity contribution in [2.24, 2.45) is 0 Å². The third-order valence-corrected chi connectivity index (χ3v) is 1.86. The Bertz CT molecular complexity index is 354. The SMILES string of the molecule is Nc1ccc(C#CCCS)nc1Cl. The second kappa shape index (κ2) is 5.00. The maximum Gasteiger partial charge on any atom is 0.153 e. The van der Waals surface area contributed by atoms with E-state index in [1.165, 1.54) is 0 Å². The van der Waals surface area contributed by atoms with Crippen LogP contribution in [-0.2, 0) is 0 Å². The maximum absolute atomic E-state index is 5.71. The molecule has 0 radical (unpaired) electrons. The number of thiol groups is 1. The Morgan fingerprint density at radius 1 is 1.54 bits per heavy atom. The van der Waals surface area contributed by atoms with Crippen molar-refractivity contribution in [2.45, 2.75) is 6.42 Å². The van der Waals surface area contributed by atoms with E-state index in [1.54, 1.807) is 12.1 Å². The predicted octanol–water partition coefficient (Wildman–Crippen LogP) is 1.99. The summed E-state index contributed by atoms with van der Waals surface area (Å²) < 4.78 is 0. The van der Waals surface area contributed by atoms with Crippen LogP contribution in [0.3, 0.4) is 0 Å². The summed E-state index contributed by atoms with van der Waals surface area (Å²) in [7, 11) is 0. The van der Waals surface area contributed by atoms with Gasteiger partial charge in [-0.3, -0.25) is 0 Å². The van der Waals surface area contributed by atoms with Gasteiger partial charge in [-0.25, -0.2) is 4.98 Å². The molecule has 2 nitrogen and oxygen atoms in total. The average Bonchev–Trinajstić information content (AvgIpc) is 2.12. The van der Waals surface area contributed by atoms with Gasteiger partial charge in [0.2, 0.25) is 0 Å². The monoisotopic (exact) mass is 212 g/mol. The first-order chi connectivity index (χ1) is 6.24. The summed E-state index contributed by atoms with van der Waals surface area (Å²) in [6.07, 6.45) is 0.743. The smallest absolute Gasteiger partial charge is 0.153 e. The molecule has 1 rings (SSSR count). The summed E-state index contributed by atoms with van der Waals surface area (Å²) in [5.74, 6) is 6.52. The number of hydrogen-bond donors (Lipinski definition) is 2. The van der Waals surface area contributed by atoms with Crippen molar-refractivity contribution >= 4 is 29.9 Å². The highest BCUT2D eigenvalue weighted by molar-refractivity contribution is 7.80. The van der Waals surface area contributed by atoms with Crippen molar-refractivity contribution in [1.29, 1.82) is 0 Å². The summed E-state index contributed by atoms with van der Waals surface area (Å²) in [4.78, 5) is 3.99. The lowest BCUT2D eigenvalue weighted by atomic mass is 10.3. The minimum absolute atomic E-state index is 0.303. The maximum atomic E-state index is 5.71. The number of nitrogens with zero attached hydrogens (tertiary/aromatic N) is 1. The molecule has 0 aromatic carbocycles. The van der Waals surface area contributed by atoms with Gasteiger partial charge in [0, 0.05) is 12.2 Å². The molecule has 0 aliphatic heterocycles. The van der Waals surface area contributed by atoms with E-state index >= 15 is 0 Å². The fourth-order valence-corrected chi connectivity index (χ4v) is 0.989. The van der Waals surface area contributed by atoms with E-state index in [-0.39, 0.29) is 0 Å². The van der Waals surface area contributed by atoms with Crippen LogP contribution < -0.4 is 5.73 Å². The molecule has 68 valence electrons. The van der Waals surface area contributed by atoms with E-state index in [0.29, 0.717) is 16.5 Å². The lowest BCUT2D eigenvalue weighted by Crippen LogP contribution is -1.90. The third-order valence-electron chi connectivity index (χ3n) is 1.33. The topological polar surface area (TPSA) is 38.9 Å². The van der Waals surface area contributed by atoms with Crippen LogP contribution in [-0.4, -0.2) is 10.7 Å². The lowest BCUT2D eigenvalue weighted by molar-refractivity contribution is 1.27. The first-order valence-corrected chi connectivity index (χ1v) is 4.77. The van der Waals surface area contributed by atoms with Crippen molar-refractivity contribution in [3.8, 4) is 11.8 Å². The second-order valence-electron chi connectivity index (χ2n) is 2.35. The van der Waals surface area contributed by atoms with Crippen molar-refractivity contribution in [3.05, 3.63) is 23.0 Å². The molecule has 1 heterocycles. The highest BCUT2D eigenvalue weighted by Crippen LogP contribution is 2.14. The molecule has 0 fully saturated rings. The molecular formula is C9H9ClN2S. The number of nitrogen functional groups attached to an aromatic ring is 1. The Labute approximate surface area is 87.9 Å². The number of anilines is 1. The average molecular weight is 213 g/mol. The van der Waals surface area contributed by atoms with Crippen molar-refractivity contribution < 1.29 is 0 Å². The molecular weight excluding hydrogens is 204 g/mol. The van der Waals surface area contributed by atoms with Crippen LogP contribution in [0.15, 0.2) is 12.1 Å². The number of pyridine rings is 1. The van der Waals surface area contributed by atoms with E-state index in [9.17, 15) is 0 Å². The number of nitrogens with two attached hydrogens (primary N) is 1. The van der Waals surface area contributed by atoms with E-state index < -0.39 is 0 Å². The zero-order chi connectivity index (χ0) is 9.68. The molecule has 0 saturated carbocycles. The zero-order valence-electron chi connectivity index (χ0n) is 6.92. The standard InChI is InChI=1S/C9H9ClN2S/c10-9-8(11)5-4-7(12-9)3-1-2-6-13/h4-5,13H,2,6,11H2. The van der Waals surface area contributed by atoms with Gasteiger partial charge in [0.15, 0.2) is 5.15 Å². The molecule has 4 heteroatoms. The highest BCUT2D eigenvalue weighted by Gasteiger charge is 1.96. The van der Waals surface area contributed by atoms with E-state index in [4.69, 9.17) is 17.3 Å². The van der Waals surface area contributed by atoms with Crippen LogP contribution in [0.1, 0.15) is 12.1 Å². The van der Waals surface area contributed by atoms with Crippen LogP contribution in [0.4, 0.5) is 5.69 Å². The summed E-state index contributed by atoms with van der Waals surface area (Å²) in [5.41, 5.74) is 6.60. The van der Waals surface area contributed by atoms with Gasteiger partial charge >= 0.3 is 0 Å². The number of rotatable bonds is 1. The molecule has 0 bridgehead atoms. The zero-order valence-corrected chi connectivity index (χ0v) is 8.57. The minimum atomic E-state index is 0.303. The van der Waals surface area contributed by atoms with Crippen molar-refractivity contribution in [2.75, 3.05) is 11.5 Å². The van der Waals surface area contributed by atoms with E-state index in [2.05, 4.69) is 29.5 Å². The molecule has 0 amide bonds. The Kier molecular flexibility index (Phi) is 3.94. The quantitative estimate of drug-likeness (QED) is 0.425. The third kappa shape index (κ3) is 3.17. The normalized spacial score (nSPS) is 9.08. The highest BCUT2D eigenvalue weighted by atomic mass is 35.5.